The molecular formula is C20H28N12O8S. The van der Waals surface area contributed by atoms with E-state index in [-0.39, 0.29) is 53.7 Å². The first-order chi connectivity index (χ1) is 19.5. The van der Waals surface area contributed by atoms with E-state index in [1.54, 1.807) is 0 Å². The molecule has 1 aliphatic heterocycles. The first kappa shape index (κ1) is 28.5. The summed E-state index contributed by atoms with van der Waals surface area (Å²) >= 11 is 0. The molecule has 222 valence electrons. The predicted molar refractivity (Wildman–Crippen MR) is 141 cm³/mol. The van der Waals surface area contributed by atoms with Crippen molar-refractivity contribution in [3.63, 3.8) is 0 Å². The van der Waals surface area contributed by atoms with Crippen molar-refractivity contribution in [3.05, 3.63) is 33.4 Å². The minimum Gasteiger partial charge on any atom is -0.394 e. The number of fused-ring (bicyclic) bond motifs is 2. The monoisotopic (exact) mass is 596 g/mol. The van der Waals surface area contributed by atoms with E-state index in [9.17, 15) is 28.2 Å². The van der Waals surface area contributed by atoms with Crippen LogP contribution in [0.4, 0.5) is 11.9 Å². The number of H-pyrrole nitrogens is 2. The Labute approximate surface area is 229 Å². The molecular weight excluding hydrogens is 568 g/mol. The lowest BCUT2D eigenvalue weighted by Gasteiger charge is -2.23. The van der Waals surface area contributed by atoms with E-state index in [0.717, 1.165) is 0 Å². The van der Waals surface area contributed by atoms with Crippen LogP contribution in [0.2, 0.25) is 0 Å². The Morgan fingerprint density at radius 2 is 1.78 bits per heavy atom. The van der Waals surface area contributed by atoms with Crippen molar-refractivity contribution in [1.82, 2.24) is 48.5 Å². The number of hydrogen-bond donors (Lipinski definition) is 8. The van der Waals surface area contributed by atoms with Crippen molar-refractivity contribution in [2.45, 2.75) is 43.5 Å². The standard InChI is InChI=1S/C20H28N12O8S/c1-39-10(9(34)4-31-6-23-13-15(31)26-19(21)28-17(13)35)3-25-41(37,38)30-8-2-12(40-11(8)5-33)32-7-24-14-16(32)27-20(22)29-18(14)36/h6-12,25,30,33-34H,2-5H2,1H3,(H3,21,26,28,35)(H3,22,27,29,36)/t8-,9-,10+,11+,12+/m0/s1. The van der Waals surface area contributed by atoms with Crippen LogP contribution < -0.4 is 32.0 Å². The van der Waals surface area contributed by atoms with Crippen LogP contribution in [-0.2, 0) is 26.2 Å². The number of nitrogens with zero attached hydrogens (tertiary/aromatic N) is 6. The van der Waals surface area contributed by atoms with E-state index in [1.807, 2.05) is 0 Å². The van der Waals surface area contributed by atoms with Crippen molar-refractivity contribution >= 4 is 44.4 Å². The van der Waals surface area contributed by atoms with Crippen LogP contribution >= 0.6 is 0 Å². The highest BCUT2D eigenvalue weighted by Crippen LogP contribution is 2.30. The average Bonchev–Trinajstić information content (AvgIpc) is 3.61. The van der Waals surface area contributed by atoms with Crippen molar-refractivity contribution in [3.8, 4) is 0 Å². The number of nitrogens with two attached hydrogens (primary N) is 2. The number of aromatic nitrogens is 8. The molecule has 41 heavy (non-hydrogen) atoms. The van der Waals surface area contributed by atoms with E-state index in [2.05, 4.69) is 39.3 Å². The second kappa shape index (κ2) is 11.1. The number of methoxy groups -OCH3 is 1. The van der Waals surface area contributed by atoms with Crippen LogP contribution in [0.5, 0.6) is 0 Å². The molecule has 0 unspecified atom stereocenters. The number of hydrogen-bond acceptors (Lipinski definition) is 14. The number of imidazole rings is 2. The molecule has 20 nitrogen and oxygen atoms in total. The third-order valence-electron chi connectivity index (χ3n) is 6.57. The second-order valence-corrected chi connectivity index (χ2v) is 10.8. The van der Waals surface area contributed by atoms with Gasteiger partial charge in [-0.25, -0.2) is 9.97 Å². The zero-order valence-corrected chi connectivity index (χ0v) is 22.3. The Bertz CT molecular complexity index is 1780. The van der Waals surface area contributed by atoms with Gasteiger partial charge in [0.15, 0.2) is 22.3 Å². The molecule has 1 aliphatic rings. The number of nitrogen functional groups attached to an aromatic ring is 2. The van der Waals surface area contributed by atoms with Gasteiger partial charge in [-0.1, -0.05) is 0 Å². The molecule has 0 amide bonds. The first-order valence-electron chi connectivity index (χ1n) is 12.2. The molecule has 0 saturated carbocycles. The van der Waals surface area contributed by atoms with E-state index >= 15 is 0 Å². The smallest absolute Gasteiger partial charge is 0.280 e. The third kappa shape index (κ3) is 5.76. The van der Waals surface area contributed by atoms with E-state index < -0.39 is 58.5 Å². The summed E-state index contributed by atoms with van der Waals surface area (Å²) in [6.45, 7) is -0.980. The molecule has 1 fully saturated rings. The summed E-state index contributed by atoms with van der Waals surface area (Å²) in [7, 11) is -2.90. The van der Waals surface area contributed by atoms with Gasteiger partial charge in [0.05, 0.1) is 50.2 Å². The number of aliphatic hydroxyl groups is 2. The van der Waals surface area contributed by atoms with Gasteiger partial charge in [0.1, 0.15) is 6.23 Å². The van der Waals surface area contributed by atoms with E-state index in [0.29, 0.717) is 0 Å². The molecule has 5 atom stereocenters. The van der Waals surface area contributed by atoms with Gasteiger partial charge in [0.25, 0.3) is 21.3 Å². The Morgan fingerprint density at radius 1 is 1.15 bits per heavy atom. The number of ether oxygens (including phenoxy) is 2. The number of rotatable bonds is 11. The normalized spacial score (nSPS) is 21.1. The molecule has 0 bridgehead atoms. The van der Waals surface area contributed by atoms with Crippen LogP contribution in [0, 0.1) is 0 Å². The van der Waals surface area contributed by atoms with Gasteiger partial charge in [0.2, 0.25) is 11.9 Å². The SMILES string of the molecule is CO[C@H](CNS(=O)(=O)N[C@H]1C[C@H](n2cnc3c(=O)[nH]c(N)nc32)O[C@@H]1CO)[C@@H](O)Cn1cnc2c(=O)[nH]c(N)nc21. The summed E-state index contributed by atoms with van der Waals surface area (Å²) < 4.78 is 44.4. The van der Waals surface area contributed by atoms with Gasteiger partial charge in [0, 0.05) is 20.1 Å². The molecule has 0 spiro atoms. The van der Waals surface area contributed by atoms with Crippen molar-refractivity contribution in [2.24, 2.45) is 0 Å². The van der Waals surface area contributed by atoms with Crippen molar-refractivity contribution in [1.29, 1.82) is 0 Å². The lowest BCUT2D eigenvalue weighted by atomic mass is 10.1. The third-order valence-corrected chi connectivity index (χ3v) is 7.73. The molecule has 4 aromatic heterocycles. The molecule has 4 aromatic rings. The van der Waals surface area contributed by atoms with Crippen molar-refractivity contribution in [2.75, 3.05) is 31.7 Å². The molecule has 1 saturated heterocycles. The fourth-order valence-electron chi connectivity index (χ4n) is 4.58. The van der Waals surface area contributed by atoms with Gasteiger partial charge in [-0.3, -0.25) is 24.1 Å². The summed E-state index contributed by atoms with van der Waals surface area (Å²) in [4.78, 5) is 44.8. The van der Waals surface area contributed by atoms with Crippen LogP contribution in [-0.4, -0.2) is 102 Å². The predicted octanol–water partition coefficient (Wildman–Crippen LogP) is -4.13. The molecule has 0 aliphatic carbocycles. The molecule has 21 heteroatoms. The van der Waals surface area contributed by atoms with Crippen LogP contribution in [0.15, 0.2) is 22.2 Å². The number of aliphatic hydroxyl groups excluding tert-OH is 2. The summed E-state index contributed by atoms with van der Waals surface area (Å²) in [5, 5.41) is 20.6. The highest BCUT2D eigenvalue weighted by atomic mass is 32.2. The molecule has 10 N–H and O–H groups in total. The van der Waals surface area contributed by atoms with Crippen LogP contribution in [0.25, 0.3) is 22.3 Å². The number of anilines is 2. The zero-order valence-electron chi connectivity index (χ0n) is 21.5. The lowest BCUT2D eigenvalue weighted by Crippen LogP contribution is -2.50. The van der Waals surface area contributed by atoms with Gasteiger partial charge in [-0.15, -0.1) is 0 Å². The van der Waals surface area contributed by atoms with E-state index in [4.69, 9.17) is 20.9 Å². The minimum atomic E-state index is -4.19. The zero-order chi connectivity index (χ0) is 29.5. The van der Waals surface area contributed by atoms with Gasteiger partial charge >= 0.3 is 0 Å². The molecule has 0 aromatic carbocycles. The topological polar surface area (TPSA) is 296 Å². The van der Waals surface area contributed by atoms with Gasteiger partial charge < -0.3 is 35.7 Å². The minimum absolute atomic E-state index is 0.0213. The summed E-state index contributed by atoms with van der Waals surface area (Å²) in [5.74, 6) is -0.261. The van der Waals surface area contributed by atoms with Gasteiger partial charge in [-0.05, 0) is 0 Å². The maximum atomic E-state index is 12.9. The number of aromatic amines is 2. The Morgan fingerprint density at radius 3 is 2.44 bits per heavy atom. The fraction of sp³-hybridized carbons (Fsp3) is 0.500. The van der Waals surface area contributed by atoms with Crippen LogP contribution in [0.1, 0.15) is 12.6 Å². The lowest BCUT2D eigenvalue weighted by molar-refractivity contribution is -0.0242. The highest BCUT2D eigenvalue weighted by molar-refractivity contribution is 7.87. The van der Waals surface area contributed by atoms with Crippen LogP contribution in [0.3, 0.4) is 0 Å². The van der Waals surface area contributed by atoms with Crippen molar-refractivity contribution < 1.29 is 28.1 Å². The Hall–Kier alpha value is -3.99. The molecule has 5 heterocycles. The summed E-state index contributed by atoms with van der Waals surface area (Å²) in [5.41, 5.74) is 10.5. The molecule has 5 rings (SSSR count). The van der Waals surface area contributed by atoms with Gasteiger partial charge in [-0.2, -0.15) is 27.8 Å². The fourth-order valence-corrected chi connectivity index (χ4v) is 5.69. The highest BCUT2D eigenvalue weighted by Gasteiger charge is 2.39. The first-order valence-corrected chi connectivity index (χ1v) is 13.6. The summed E-state index contributed by atoms with van der Waals surface area (Å²) in [6.07, 6.45) is -1.34. The summed E-state index contributed by atoms with van der Waals surface area (Å²) in [6, 6.07) is -0.878. The average molecular weight is 597 g/mol. The molecule has 0 radical (unpaired) electrons. The van der Waals surface area contributed by atoms with E-state index in [1.165, 1.54) is 28.9 Å². The largest absolute Gasteiger partial charge is 0.394 e. The maximum absolute atomic E-state index is 12.9. The Balaban J connectivity index is 1.24. The Kier molecular flexibility index (Phi) is 7.74. The number of nitrogens with one attached hydrogen (secondary N) is 4. The second-order valence-electron chi connectivity index (χ2n) is 9.26. The quantitative estimate of drug-likeness (QED) is 0.0816. The maximum Gasteiger partial charge on any atom is 0.280 e.